The maximum absolute atomic E-state index is 11.4. The van der Waals surface area contributed by atoms with Crippen LogP contribution in [0.5, 0.6) is 0 Å². The van der Waals surface area contributed by atoms with Gasteiger partial charge in [-0.25, -0.2) is 8.42 Å². The van der Waals surface area contributed by atoms with E-state index in [0.29, 0.717) is 31.4 Å². The lowest BCUT2D eigenvalue weighted by atomic mass is 10.2. The molecule has 0 aromatic rings. The summed E-state index contributed by atoms with van der Waals surface area (Å²) in [6, 6.07) is -0.0330. The van der Waals surface area contributed by atoms with E-state index in [9.17, 15) is 8.42 Å². The Morgan fingerprint density at radius 3 is 2.67 bits per heavy atom. The predicted molar refractivity (Wildman–Crippen MR) is 97.2 cm³/mol. The maximum atomic E-state index is 11.4. The molecular formula is C13H28IN3O3S. The van der Waals surface area contributed by atoms with Gasteiger partial charge < -0.3 is 15.4 Å². The highest BCUT2D eigenvalue weighted by Gasteiger charge is 2.28. The van der Waals surface area contributed by atoms with Crippen LogP contribution >= 0.6 is 24.0 Å². The SMILES string of the molecule is CCNC(=NCCOCC(C)C)NC1CCS(=O)(=O)C1.I. The predicted octanol–water partition coefficient (Wildman–Crippen LogP) is 1.02. The van der Waals surface area contributed by atoms with Crippen molar-refractivity contribution in [2.75, 3.05) is 37.8 Å². The molecule has 8 heteroatoms. The number of hydrogen-bond donors (Lipinski definition) is 2. The van der Waals surface area contributed by atoms with E-state index in [4.69, 9.17) is 4.74 Å². The Morgan fingerprint density at radius 1 is 1.43 bits per heavy atom. The summed E-state index contributed by atoms with van der Waals surface area (Å²) in [5.41, 5.74) is 0. The Balaban J connectivity index is 0.00000400. The van der Waals surface area contributed by atoms with E-state index in [0.717, 1.165) is 13.2 Å². The molecule has 1 aliphatic heterocycles. The Labute approximate surface area is 145 Å². The summed E-state index contributed by atoms with van der Waals surface area (Å²) in [6.07, 6.45) is 0.649. The zero-order valence-electron chi connectivity index (χ0n) is 13.1. The van der Waals surface area contributed by atoms with E-state index in [1.807, 2.05) is 6.92 Å². The third-order valence-corrected chi connectivity index (χ3v) is 4.64. The van der Waals surface area contributed by atoms with Gasteiger partial charge in [-0.15, -0.1) is 24.0 Å². The van der Waals surface area contributed by atoms with Crippen LogP contribution in [-0.4, -0.2) is 58.2 Å². The number of ether oxygens (including phenoxy) is 1. The number of halogens is 1. The van der Waals surface area contributed by atoms with Gasteiger partial charge in [0.15, 0.2) is 15.8 Å². The zero-order valence-corrected chi connectivity index (χ0v) is 16.2. The van der Waals surface area contributed by atoms with Gasteiger partial charge in [0.05, 0.1) is 24.7 Å². The molecule has 6 nitrogen and oxygen atoms in total. The average molecular weight is 433 g/mol. The number of nitrogens with one attached hydrogen (secondary N) is 2. The first kappa shape index (κ1) is 20.9. The molecule has 21 heavy (non-hydrogen) atoms. The Bertz CT molecular complexity index is 413. The van der Waals surface area contributed by atoms with Crippen LogP contribution in [0, 0.1) is 5.92 Å². The Hall–Kier alpha value is -0.0900. The molecule has 0 spiro atoms. The van der Waals surface area contributed by atoms with Gasteiger partial charge in [-0.2, -0.15) is 0 Å². The first-order valence-electron chi connectivity index (χ1n) is 7.26. The molecular weight excluding hydrogens is 405 g/mol. The zero-order chi connectivity index (χ0) is 15.0. The van der Waals surface area contributed by atoms with Gasteiger partial charge in [-0.05, 0) is 19.3 Å². The van der Waals surface area contributed by atoms with Crippen LogP contribution in [0.4, 0.5) is 0 Å². The highest BCUT2D eigenvalue weighted by molar-refractivity contribution is 14.0. The van der Waals surface area contributed by atoms with Crippen molar-refractivity contribution < 1.29 is 13.2 Å². The number of rotatable bonds is 7. The van der Waals surface area contributed by atoms with Crippen LogP contribution < -0.4 is 10.6 Å². The standard InChI is InChI=1S/C13H27N3O3S.HI/c1-4-14-13(15-6-7-19-9-11(2)3)16-12-5-8-20(17,18)10-12;/h11-12H,4-10H2,1-3H3,(H2,14,15,16);1H. The van der Waals surface area contributed by atoms with E-state index in [2.05, 4.69) is 29.5 Å². The molecule has 1 atom stereocenters. The third-order valence-electron chi connectivity index (χ3n) is 2.87. The van der Waals surface area contributed by atoms with E-state index >= 15 is 0 Å². The van der Waals surface area contributed by atoms with E-state index in [1.165, 1.54) is 0 Å². The number of nitrogens with zero attached hydrogens (tertiary/aromatic N) is 1. The van der Waals surface area contributed by atoms with Crippen molar-refractivity contribution in [1.82, 2.24) is 10.6 Å². The van der Waals surface area contributed by atoms with Crippen LogP contribution in [0.15, 0.2) is 4.99 Å². The maximum Gasteiger partial charge on any atom is 0.191 e. The molecule has 0 aromatic heterocycles. The van der Waals surface area contributed by atoms with Gasteiger partial charge in [0, 0.05) is 19.2 Å². The van der Waals surface area contributed by atoms with Crippen molar-refractivity contribution in [2.24, 2.45) is 10.9 Å². The van der Waals surface area contributed by atoms with Gasteiger partial charge >= 0.3 is 0 Å². The number of guanidine groups is 1. The van der Waals surface area contributed by atoms with E-state index < -0.39 is 9.84 Å². The summed E-state index contributed by atoms with van der Waals surface area (Å²) in [5.74, 6) is 1.65. The van der Waals surface area contributed by atoms with E-state index in [-0.39, 0.29) is 41.5 Å². The van der Waals surface area contributed by atoms with Gasteiger partial charge in [0.25, 0.3) is 0 Å². The quantitative estimate of drug-likeness (QED) is 0.271. The van der Waals surface area contributed by atoms with Crippen LogP contribution in [0.25, 0.3) is 0 Å². The molecule has 0 aromatic carbocycles. The topological polar surface area (TPSA) is 79.8 Å². The number of sulfone groups is 1. The minimum Gasteiger partial charge on any atom is -0.379 e. The first-order chi connectivity index (χ1) is 9.43. The molecule has 1 unspecified atom stereocenters. The molecule has 0 amide bonds. The number of hydrogen-bond acceptors (Lipinski definition) is 4. The van der Waals surface area contributed by atoms with E-state index in [1.54, 1.807) is 0 Å². The summed E-state index contributed by atoms with van der Waals surface area (Å²) in [5, 5.41) is 6.30. The van der Waals surface area contributed by atoms with Gasteiger partial charge in [0.1, 0.15) is 0 Å². The fourth-order valence-electron chi connectivity index (χ4n) is 1.96. The summed E-state index contributed by atoms with van der Waals surface area (Å²) in [6.45, 7) is 8.83. The summed E-state index contributed by atoms with van der Waals surface area (Å²) < 4.78 is 28.3. The highest BCUT2D eigenvalue weighted by Crippen LogP contribution is 2.10. The number of aliphatic imine (C=N–C) groups is 1. The third kappa shape index (κ3) is 9.51. The van der Waals surface area contributed by atoms with Gasteiger partial charge in [-0.3, -0.25) is 4.99 Å². The van der Waals surface area contributed by atoms with Crippen LogP contribution in [-0.2, 0) is 14.6 Å². The van der Waals surface area contributed by atoms with Crippen molar-refractivity contribution in [3.05, 3.63) is 0 Å². The highest BCUT2D eigenvalue weighted by atomic mass is 127. The van der Waals surface area contributed by atoms with Crippen molar-refractivity contribution in [3.63, 3.8) is 0 Å². The molecule has 1 saturated heterocycles. The second-order valence-corrected chi connectivity index (χ2v) is 7.70. The minimum atomic E-state index is -2.86. The largest absolute Gasteiger partial charge is 0.379 e. The molecule has 0 radical (unpaired) electrons. The molecule has 1 rings (SSSR count). The summed E-state index contributed by atoms with van der Waals surface area (Å²) in [4.78, 5) is 4.40. The second kappa shape index (κ2) is 10.6. The lowest BCUT2D eigenvalue weighted by Crippen LogP contribution is -2.44. The van der Waals surface area contributed by atoms with Crippen molar-refractivity contribution in [2.45, 2.75) is 33.2 Å². The van der Waals surface area contributed by atoms with Gasteiger partial charge in [0.2, 0.25) is 0 Å². The Morgan fingerprint density at radius 2 is 2.14 bits per heavy atom. The summed E-state index contributed by atoms with van der Waals surface area (Å²) >= 11 is 0. The monoisotopic (exact) mass is 433 g/mol. The van der Waals surface area contributed by atoms with Crippen molar-refractivity contribution in [3.8, 4) is 0 Å². The molecule has 1 heterocycles. The molecule has 2 N–H and O–H groups in total. The lowest BCUT2D eigenvalue weighted by Gasteiger charge is -2.15. The van der Waals surface area contributed by atoms with Crippen molar-refractivity contribution >= 4 is 39.8 Å². The first-order valence-corrected chi connectivity index (χ1v) is 9.08. The normalized spacial score (nSPS) is 21.1. The fraction of sp³-hybridized carbons (Fsp3) is 0.923. The fourth-order valence-corrected chi connectivity index (χ4v) is 3.64. The molecule has 1 fully saturated rings. The van der Waals surface area contributed by atoms with Crippen LogP contribution in [0.3, 0.4) is 0 Å². The second-order valence-electron chi connectivity index (χ2n) is 5.47. The lowest BCUT2D eigenvalue weighted by molar-refractivity contribution is 0.117. The van der Waals surface area contributed by atoms with Gasteiger partial charge in [-0.1, -0.05) is 13.8 Å². The molecule has 0 saturated carbocycles. The van der Waals surface area contributed by atoms with Crippen molar-refractivity contribution in [1.29, 1.82) is 0 Å². The van der Waals surface area contributed by atoms with Crippen LogP contribution in [0.2, 0.25) is 0 Å². The molecule has 1 aliphatic rings. The molecule has 0 bridgehead atoms. The summed E-state index contributed by atoms with van der Waals surface area (Å²) in [7, 11) is -2.86. The van der Waals surface area contributed by atoms with Crippen LogP contribution in [0.1, 0.15) is 27.2 Å². The average Bonchev–Trinajstić information content (AvgIpc) is 2.68. The molecule has 0 aliphatic carbocycles. The molecule has 126 valence electrons. The Kier molecular flexibility index (Phi) is 10.6. The smallest absolute Gasteiger partial charge is 0.191 e. The minimum absolute atomic E-state index is 0.